The minimum atomic E-state index is -1.11. The second-order valence-corrected chi connectivity index (χ2v) is 9.52. The third kappa shape index (κ3) is 4.01. The molecule has 1 saturated heterocycles. The SMILES string of the molecule is CCOC(=O)c1cc(Br)cc2c(C3CCSC(c4ccccc4)C3)cn(C(=O)O)c12. The molecule has 156 valence electrons. The van der Waals surface area contributed by atoms with Crippen LogP contribution in [0.5, 0.6) is 0 Å². The van der Waals surface area contributed by atoms with Crippen molar-refractivity contribution >= 4 is 50.7 Å². The number of esters is 1. The van der Waals surface area contributed by atoms with Crippen LogP contribution in [0.25, 0.3) is 10.9 Å². The first kappa shape index (κ1) is 21.0. The van der Waals surface area contributed by atoms with Gasteiger partial charge in [-0.15, -0.1) is 0 Å². The molecule has 0 bridgehead atoms. The van der Waals surface area contributed by atoms with E-state index in [0.717, 1.165) is 34.0 Å². The summed E-state index contributed by atoms with van der Waals surface area (Å²) in [6.07, 6.45) is 2.47. The Labute approximate surface area is 187 Å². The highest BCUT2D eigenvalue weighted by Gasteiger charge is 2.30. The van der Waals surface area contributed by atoms with Gasteiger partial charge < -0.3 is 9.84 Å². The van der Waals surface area contributed by atoms with Gasteiger partial charge in [-0.25, -0.2) is 9.59 Å². The molecule has 0 amide bonds. The summed E-state index contributed by atoms with van der Waals surface area (Å²) in [4.78, 5) is 24.6. The monoisotopic (exact) mass is 487 g/mol. The summed E-state index contributed by atoms with van der Waals surface area (Å²) in [7, 11) is 0. The number of aromatic nitrogens is 1. The van der Waals surface area contributed by atoms with Gasteiger partial charge in [-0.1, -0.05) is 46.3 Å². The summed E-state index contributed by atoms with van der Waals surface area (Å²) in [5.74, 6) is 0.698. The molecule has 1 aliphatic rings. The van der Waals surface area contributed by atoms with Gasteiger partial charge in [0.15, 0.2) is 0 Å². The van der Waals surface area contributed by atoms with E-state index in [1.807, 2.05) is 23.9 Å². The lowest BCUT2D eigenvalue weighted by Crippen LogP contribution is -2.12. The Hall–Kier alpha value is -2.25. The number of thioether (sulfide) groups is 1. The zero-order chi connectivity index (χ0) is 21.3. The molecule has 4 rings (SSSR count). The average molecular weight is 488 g/mol. The highest BCUT2D eigenvalue weighted by atomic mass is 79.9. The molecule has 1 fully saturated rings. The van der Waals surface area contributed by atoms with Crippen molar-refractivity contribution in [3.8, 4) is 0 Å². The lowest BCUT2D eigenvalue weighted by molar-refractivity contribution is 0.0528. The molecule has 0 radical (unpaired) electrons. The number of hydrogen-bond acceptors (Lipinski definition) is 4. The van der Waals surface area contributed by atoms with Crippen molar-refractivity contribution in [2.75, 3.05) is 12.4 Å². The average Bonchev–Trinajstić information content (AvgIpc) is 3.13. The predicted octanol–water partition coefficient (Wildman–Crippen LogP) is 6.46. The molecule has 30 heavy (non-hydrogen) atoms. The Balaban J connectivity index is 1.81. The minimum absolute atomic E-state index is 0.212. The van der Waals surface area contributed by atoms with Crippen molar-refractivity contribution in [3.63, 3.8) is 0 Å². The van der Waals surface area contributed by atoms with Crippen molar-refractivity contribution in [1.29, 1.82) is 0 Å². The molecule has 1 N–H and O–H groups in total. The van der Waals surface area contributed by atoms with E-state index in [2.05, 4.69) is 40.2 Å². The Kier molecular flexibility index (Phi) is 6.20. The molecule has 0 aliphatic carbocycles. The number of carbonyl (C=O) groups is 2. The number of carbonyl (C=O) groups excluding carboxylic acids is 1. The molecule has 2 aromatic carbocycles. The van der Waals surface area contributed by atoms with Crippen LogP contribution in [0.3, 0.4) is 0 Å². The van der Waals surface area contributed by atoms with Gasteiger partial charge in [0.2, 0.25) is 0 Å². The highest BCUT2D eigenvalue weighted by Crippen LogP contribution is 2.47. The predicted molar refractivity (Wildman–Crippen MR) is 123 cm³/mol. The first-order chi connectivity index (χ1) is 14.5. The molecular formula is C23H22BrNO4S. The Bertz CT molecular complexity index is 1100. The van der Waals surface area contributed by atoms with Crippen LogP contribution in [-0.2, 0) is 4.74 Å². The molecule has 2 heterocycles. The Morgan fingerprint density at radius 1 is 1.27 bits per heavy atom. The standard InChI is InChI=1S/C23H22BrNO4S/c1-2-29-22(26)18-12-16(24)11-17-19(13-25(21(17)18)23(27)28)15-8-9-30-20(10-15)14-6-4-3-5-7-14/h3-7,11-13,15,20H,2,8-10H2,1H3,(H,27,28). The van der Waals surface area contributed by atoms with Gasteiger partial charge in [-0.05, 0) is 54.7 Å². The molecule has 7 heteroatoms. The summed E-state index contributed by atoms with van der Waals surface area (Å²) in [6, 6.07) is 14.0. The van der Waals surface area contributed by atoms with E-state index in [9.17, 15) is 14.7 Å². The number of ether oxygens (including phenoxy) is 1. The summed E-state index contributed by atoms with van der Waals surface area (Å²) in [6.45, 7) is 1.96. The maximum atomic E-state index is 12.6. The molecule has 0 spiro atoms. The molecular weight excluding hydrogens is 466 g/mol. The quantitative estimate of drug-likeness (QED) is 0.427. The van der Waals surface area contributed by atoms with E-state index in [1.165, 1.54) is 10.1 Å². The van der Waals surface area contributed by atoms with Gasteiger partial charge in [-0.3, -0.25) is 4.57 Å². The van der Waals surface area contributed by atoms with Crippen LogP contribution in [0.15, 0.2) is 53.1 Å². The number of fused-ring (bicyclic) bond motifs is 1. The van der Waals surface area contributed by atoms with Crippen molar-refractivity contribution < 1.29 is 19.4 Å². The molecule has 2 unspecified atom stereocenters. The number of halogens is 1. The fourth-order valence-electron chi connectivity index (χ4n) is 4.17. The van der Waals surface area contributed by atoms with Gasteiger partial charge in [0, 0.05) is 21.3 Å². The van der Waals surface area contributed by atoms with E-state index in [1.54, 1.807) is 19.2 Å². The highest BCUT2D eigenvalue weighted by molar-refractivity contribution is 9.10. The number of nitrogens with zero attached hydrogens (tertiary/aromatic N) is 1. The fraction of sp³-hybridized carbons (Fsp3) is 0.304. The number of carboxylic acid groups (broad SMARTS) is 1. The van der Waals surface area contributed by atoms with Crippen molar-refractivity contribution in [2.24, 2.45) is 0 Å². The van der Waals surface area contributed by atoms with E-state index in [-0.39, 0.29) is 18.1 Å². The van der Waals surface area contributed by atoms with Gasteiger partial charge in [0.1, 0.15) is 0 Å². The van der Waals surface area contributed by atoms with E-state index in [0.29, 0.717) is 10.8 Å². The van der Waals surface area contributed by atoms with Crippen molar-refractivity contribution in [1.82, 2.24) is 4.57 Å². The van der Waals surface area contributed by atoms with Gasteiger partial charge in [0.05, 0.1) is 17.7 Å². The fourth-order valence-corrected chi connectivity index (χ4v) is 6.05. The van der Waals surface area contributed by atoms with Gasteiger partial charge in [-0.2, -0.15) is 11.8 Å². The molecule has 1 aliphatic heterocycles. The third-order valence-corrected chi connectivity index (χ3v) is 7.29. The second kappa shape index (κ2) is 8.86. The summed E-state index contributed by atoms with van der Waals surface area (Å²) >= 11 is 5.43. The van der Waals surface area contributed by atoms with Crippen LogP contribution in [0.4, 0.5) is 4.79 Å². The molecule has 1 aromatic heterocycles. The summed E-state index contributed by atoms with van der Waals surface area (Å²) in [5.41, 5.74) is 2.93. The molecule has 2 atom stereocenters. The Morgan fingerprint density at radius 3 is 2.73 bits per heavy atom. The van der Waals surface area contributed by atoms with E-state index < -0.39 is 12.1 Å². The van der Waals surface area contributed by atoms with E-state index >= 15 is 0 Å². The maximum absolute atomic E-state index is 12.6. The van der Waals surface area contributed by atoms with Crippen molar-refractivity contribution in [2.45, 2.75) is 30.9 Å². The Morgan fingerprint density at radius 2 is 2.03 bits per heavy atom. The van der Waals surface area contributed by atoms with Gasteiger partial charge >= 0.3 is 12.1 Å². The number of rotatable bonds is 4. The third-order valence-electron chi connectivity index (χ3n) is 5.49. The first-order valence-electron chi connectivity index (χ1n) is 9.91. The number of hydrogen-bond donors (Lipinski definition) is 1. The van der Waals surface area contributed by atoms with Crippen molar-refractivity contribution in [3.05, 3.63) is 69.8 Å². The van der Waals surface area contributed by atoms with E-state index in [4.69, 9.17) is 4.74 Å². The molecule has 5 nitrogen and oxygen atoms in total. The van der Waals surface area contributed by atoms with Crippen LogP contribution < -0.4 is 0 Å². The molecule has 0 saturated carbocycles. The summed E-state index contributed by atoms with van der Waals surface area (Å²) < 4.78 is 7.08. The second-order valence-electron chi connectivity index (χ2n) is 7.30. The molecule has 3 aromatic rings. The zero-order valence-corrected chi connectivity index (χ0v) is 18.9. The normalized spacial score (nSPS) is 19.0. The van der Waals surface area contributed by atoms with Crippen LogP contribution >= 0.6 is 27.7 Å². The number of benzene rings is 2. The lowest BCUT2D eigenvalue weighted by Gasteiger charge is -2.29. The topological polar surface area (TPSA) is 68.5 Å². The first-order valence-corrected chi connectivity index (χ1v) is 11.7. The smallest absolute Gasteiger partial charge is 0.416 e. The van der Waals surface area contributed by atoms with Crippen LogP contribution in [0, 0.1) is 0 Å². The summed E-state index contributed by atoms with van der Waals surface area (Å²) in [5, 5.41) is 11.0. The maximum Gasteiger partial charge on any atom is 0.416 e. The van der Waals surface area contributed by atoms with Crippen LogP contribution in [0.1, 0.15) is 52.4 Å². The van der Waals surface area contributed by atoms with Crippen LogP contribution in [-0.4, -0.2) is 34.1 Å². The van der Waals surface area contributed by atoms with Crippen LogP contribution in [0.2, 0.25) is 0 Å². The lowest BCUT2D eigenvalue weighted by atomic mass is 9.89. The van der Waals surface area contributed by atoms with Gasteiger partial charge in [0.25, 0.3) is 0 Å². The largest absolute Gasteiger partial charge is 0.464 e. The minimum Gasteiger partial charge on any atom is -0.464 e. The zero-order valence-electron chi connectivity index (χ0n) is 16.5.